The minimum atomic E-state index is -0.648. The van der Waals surface area contributed by atoms with E-state index in [-0.39, 0.29) is 11.5 Å². The summed E-state index contributed by atoms with van der Waals surface area (Å²) in [5.74, 6) is -0.983. The Kier molecular flexibility index (Phi) is 7.37. The van der Waals surface area contributed by atoms with Crippen LogP contribution in [0.4, 0.5) is 5.69 Å². The first kappa shape index (κ1) is 20.0. The molecule has 2 aromatic carbocycles. The molecule has 2 rings (SSSR count). The standard InChI is InChI=1S/C20H22N2O5/c1-3-21-19(24)14-8-7-9-15(12-14)22-18(23)13-27-20(25)16-10-5-6-11-17(16)26-4-2/h5-12H,3-4,13H2,1-2H3,(H,21,24)(H,22,23). The molecule has 0 aliphatic carbocycles. The van der Waals surface area contributed by atoms with E-state index in [9.17, 15) is 14.4 Å². The highest BCUT2D eigenvalue weighted by atomic mass is 16.5. The van der Waals surface area contributed by atoms with Crippen molar-refractivity contribution in [1.82, 2.24) is 5.32 Å². The number of esters is 1. The van der Waals surface area contributed by atoms with Gasteiger partial charge in [0, 0.05) is 17.8 Å². The average molecular weight is 370 g/mol. The van der Waals surface area contributed by atoms with Crippen LogP contribution in [0.5, 0.6) is 5.75 Å². The van der Waals surface area contributed by atoms with Crippen molar-refractivity contribution in [1.29, 1.82) is 0 Å². The first-order valence-electron chi connectivity index (χ1n) is 8.62. The number of anilines is 1. The Morgan fingerprint density at radius 3 is 2.52 bits per heavy atom. The molecule has 0 spiro atoms. The quantitative estimate of drug-likeness (QED) is 0.697. The monoisotopic (exact) mass is 370 g/mol. The van der Waals surface area contributed by atoms with E-state index in [1.807, 2.05) is 13.8 Å². The van der Waals surface area contributed by atoms with Crippen molar-refractivity contribution in [2.45, 2.75) is 13.8 Å². The van der Waals surface area contributed by atoms with Gasteiger partial charge in [-0.3, -0.25) is 9.59 Å². The lowest BCUT2D eigenvalue weighted by atomic mass is 10.2. The van der Waals surface area contributed by atoms with Crippen LogP contribution in [0.15, 0.2) is 48.5 Å². The topological polar surface area (TPSA) is 93.7 Å². The largest absolute Gasteiger partial charge is 0.493 e. The van der Waals surface area contributed by atoms with Crippen LogP contribution in [0.1, 0.15) is 34.6 Å². The maximum atomic E-state index is 12.2. The highest BCUT2D eigenvalue weighted by Gasteiger charge is 2.15. The molecule has 7 nitrogen and oxygen atoms in total. The van der Waals surface area contributed by atoms with Gasteiger partial charge in [0.25, 0.3) is 11.8 Å². The molecule has 0 unspecified atom stereocenters. The van der Waals surface area contributed by atoms with Gasteiger partial charge in [-0.25, -0.2) is 4.79 Å². The Balaban J connectivity index is 1.94. The molecule has 142 valence electrons. The van der Waals surface area contributed by atoms with E-state index >= 15 is 0 Å². The summed E-state index contributed by atoms with van der Waals surface area (Å²) in [6, 6.07) is 13.2. The molecule has 7 heteroatoms. The van der Waals surface area contributed by atoms with Crippen molar-refractivity contribution in [3.63, 3.8) is 0 Å². The van der Waals surface area contributed by atoms with E-state index in [1.54, 1.807) is 48.5 Å². The fourth-order valence-electron chi connectivity index (χ4n) is 2.32. The van der Waals surface area contributed by atoms with Crippen molar-refractivity contribution in [3.05, 3.63) is 59.7 Å². The molecule has 27 heavy (non-hydrogen) atoms. The predicted molar refractivity (Wildman–Crippen MR) is 101 cm³/mol. The van der Waals surface area contributed by atoms with E-state index in [0.717, 1.165) is 0 Å². The number of carbonyl (C=O) groups is 3. The summed E-state index contributed by atoms with van der Waals surface area (Å²) >= 11 is 0. The molecule has 0 heterocycles. The van der Waals surface area contributed by atoms with Gasteiger partial charge in [0.1, 0.15) is 11.3 Å². The molecule has 0 bridgehead atoms. The van der Waals surface area contributed by atoms with Gasteiger partial charge in [-0.15, -0.1) is 0 Å². The van der Waals surface area contributed by atoms with Crippen molar-refractivity contribution >= 4 is 23.5 Å². The number of nitrogens with one attached hydrogen (secondary N) is 2. The van der Waals surface area contributed by atoms with E-state index in [1.165, 1.54) is 0 Å². The molecule has 2 amide bonds. The van der Waals surface area contributed by atoms with E-state index in [2.05, 4.69) is 10.6 Å². The normalized spacial score (nSPS) is 10.0. The lowest BCUT2D eigenvalue weighted by Gasteiger charge is -2.10. The van der Waals surface area contributed by atoms with Crippen LogP contribution in [0.3, 0.4) is 0 Å². The van der Waals surface area contributed by atoms with Gasteiger partial charge in [0.05, 0.1) is 6.61 Å². The van der Waals surface area contributed by atoms with E-state index in [4.69, 9.17) is 9.47 Å². The minimum Gasteiger partial charge on any atom is -0.493 e. The minimum absolute atomic E-state index is 0.229. The second kappa shape index (κ2) is 9.96. The summed E-state index contributed by atoms with van der Waals surface area (Å²) in [6.45, 7) is 4.10. The molecule has 0 radical (unpaired) electrons. The van der Waals surface area contributed by atoms with Crippen molar-refractivity contribution in [2.75, 3.05) is 25.1 Å². The van der Waals surface area contributed by atoms with Crippen LogP contribution in [-0.2, 0) is 9.53 Å². The Labute approximate surface area is 157 Å². The number of hydrogen-bond acceptors (Lipinski definition) is 5. The number of benzene rings is 2. The Morgan fingerprint density at radius 2 is 1.78 bits per heavy atom. The Morgan fingerprint density at radius 1 is 1.00 bits per heavy atom. The third-order valence-electron chi connectivity index (χ3n) is 3.49. The summed E-state index contributed by atoms with van der Waals surface area (Å²) in [4.78, 5) is 36.1. The van der Waals surface area contributed by atoms with Crippen LogP contribution in [0.2, 0.25) is 0 Å². The fourth-order valence-corrected chi connectivity index (χ4v) is 2.32. The van der Waals surface area contributed by atoms with Crippen LogP contribution in [0.25, 0.3) is 0 Å². The maximum absolute atomic E-state index is 12.2. The molecule has 0 aromatic heterocycles. The number of carbonyl (C=O) groups excluding carboxylic acids is 3. The molecule has 0 aliphatic heterocycles. The Bertz CT molecular complexity index is 820. The van der Waals surface area contributed by atoms with Crippen LogP contribution >= 0.6 is 0 Å². The summed E-state index contributed by atoms with van der Waals surface area (Å²) in [5, 5.41) is 5.28. The third-order valence-corrected chi connectivity index (χ3v) is 3.49. The van der Waals surface area contributed by atoms with Gasteiger partial charge < -0.3 is 20.1 Å². The number of hydrogen-bond donors (Lipinski definition) is 2. The zero-order valence-corrected chi connectivity index (χ0v) is 15.3. The summed E-state index contributed by atoms with van der Waals surface area (Å²) in [6.07, 6.45) is 0. The first-order valence-corrected chi connectivity index (χ1v) is 8.62. The van der Waals surface area contributed by atoms with Crippen molar-refractivity contribution < 1.29 is 23.9 Å². The van der Waals surface area contributed by atoms with Gasteiger partial charge in [-0.1, -0.05) is 18.2 Å². The predicted octanol–water partition coefficient (Wildman–Crippen LogP) is 2.63. The lowest BCUT2D eigenvalue weighted by Crippen LogP contribution is -2.23. The second-order valence-corrected chi connectivity index (χ2v) is 5.49. The SMILES string of the molecule is CCNC(=O)c1cccc(NC(=O)COC(=O)c2ccccc2OCC)c1. The smallest absolute Gasteiger partial charge is 0.342 e. The molecular formula is C20H22N2O5. The molecule has 0 aliphatic rings. The molecular weight excluding hydrogens is 348 g/mol. The molecule has 0 fully saturated rings. The molecule has 0 saturated carbocycles. The third kappa shape index (κ3) is 5.85. The van der Waals surface area contributed by atoms with E-state index < -0.39 is 18.5 Å². The fraction of sp³-hybridized carbons (Fsp3) is 0.250. The molecule has 0 atom stereocenters. The summed E-state index contributed by atoms with van der Waals surface area (Å²) < 4.78 is 10.4. The number of para-hydroxylation sites is 1. The highest BCUT2D eigenvalue weighted by Crippen LogP contribution is 2.19. The first-order chi connectivity index (χ1) is 13.0. The summed E-state index contributed by atoms with van der Waals surface area (Å²) in [5.41, 5.74) is 1.12. The Hall–Kier alpha value is -3.35. The average Bonchev–Trinajstić information content (AvgIpc) is 2.67. The number of ether oxygens (including phenoxy) is 2. The molecule has 2 aromatic rings. The van der Waals surface area contributed by atoms with Crippen molar-refractivity contribution in [3.8, 4) is 5.75 Å². The van der Waals surface area contributed by atoms with Gasteiger partial charge >= 0.3 is 5.97 Å². The molecule has 0 saturated heterocycles. The van der Waals surface area contributed by atoms with Gasteiger partial charge in [0.15, 0.2) is 6.61 Å². The lowest BCUT2D eigenvalue weighted by molar-refractivity contribution is -0.119. The second-order valence-electron chi connectivity index (χ2n) is 5.49. The van der Waals surface area contributed by atoms with Crippen LogP contribution < -0.4 is 15.4 Å². The van der Waals surface area contributed by atoms with Crippen LogP contribution in [0, 0.1) is 0 Å². The van der Waals surface area contributed by atoms with Crippen molar-refractivity contribution in [2.24, 2.45) is 0 Å². The number of rotatable bonds is 8. The van der Waals surface area contributed by atoms with Gasteiger partial charge in [-0.05, 0) is 44.2 Å². The van der Waals surface area contributed by atoms with E-state index in [0.29, 0.717) is 30.2 Å². The van der Waals surface area contributed by atoms with Crippen LogP contribution in [-0.4, -0.2) is 37.5 Å². The zero-order valence-electron chi connectivity index (χ0n) is 15.3. The van der Waals surface area contributed by atoms with Gasteiger partial charge in [-0.2, -0.15) is 0 Å². The van der Waals surface area contributed by atoms with Gasteiger partial charge in [0.2, 0.25) is 0 Å². The highest BCUT2D eigenvalue weighted by molar-refractivity contribution is 5.98. The molecule has 2 N–H and O–H groups in total. The number of amides is 2. The summed E-state index contributed by atoms with van der Waals surface area (Å²) in [7, 11) is 0. The maximum Gasteiger partial charge on any atom is 0.342 e. The zero-order chi connectivity index (χ0) is 19.6.